The Balaban J connectivity index is 1.68. The number of nitrogens with zero attached hydrogens (tertiary/aromatic N) is 2. The van der Waals surface area contributed by atoms with Gasteiger partial charge in [-0.05, 0) is 41.5 Å². The van der Waals surface area contributed by atoms with Crippen LogP contribution in [0.15, 0.2) is 96.7 Å². The fraction of sp³-hybridized carbons (Fsp3) is 0.130. The van der Waals surface area contributed by atoms with Crippen molar-refractivity contribution >= 4 is 15.9 Å². The summed E-state index contributed by atoms with van der Waals surface area (Å²) >= 11 is 0. The van der Waals surface area contributed by atoms with Crippen molar-refractivity contribution in [2.24, 2.45) is 0 Å². The number of aromatic nitrogens is 1. The largest absolute Gasteiger partial charge is 0.348 e. The normalized spacial score (nSPS) is 11.2. The highest BCUT2D eigenvalue weighted by atomic mass is 32.2. The maximum Gasteiger partial charge on any atom is 0.251 e. The van der Waals surface area contributed by atoms with Crippen molar-refractivity contribution in [3.05, 3.63) is 108 Å². The van der Waals surface area contributed by atoms with Gasteiger partial charge in [0.1, 0.15) is 0 Å². The molecule has 3 rings (SSSR count). The Labute approximate surface area is 176 Å². The summed E-state index contributed by atoms with van der Waals surface area (Å²) < 4.78 is 27.2. The van der Waals surface area contributed by atoms with E-state index in [1.165, 1.54) is 4.31 Å². The summed E-state index contributed by atoms with van der Waals surface area (Å²) in [6.07, 6.45) is 4.93. The average Bonchev–Trinajstić information content (AvgIpc) is 2.79. The topological polar surface area (TPSA) is 79.4 Å². The molecule has 0 radical (unpaired) electrons. The van der Waals surface area contributed by atoms with Crippen LogP contribution in [-0.4, -0.2) is 30.2 Å². The van der Waals surface area contributed by atoms with Gasteiger partial charge in [0.05, 0.1) is 4.90 Å². The second-order valence-electron chi connectivity index (χ2n) is 6.64. The van der Waals surface area contributed by atoms with Crippen LogP contribution < -0.4 is 5.32 Å². The fourth-order valence-electron chi connectivity index (χ4n) is 2.89. The molecule has 2 aromatic carbocycles. The molecule has 0 aliphatic heterocycles. The summed E-state index contributed by atoms with van der Waals surface area (Å²) in [5.41, 5.74) is 2.19. The van der Waals surface area contributed by atoms with Crippen molar-refractivity contribution in [2.75, 3.05) is 6.54 Å². The van der Waals surface area contributed by atoms with Gasteiger partial charge in [-0.25, -0.2) is 8.42 Å². The summed E-state index contributed by atoms with van der Waals surface area (Å²) in [6, 6.07) is 18.9. The van der Waals surface area contributed by atoms with Gasteiger partial charge >= 0.3 is 0 Å². The van der Waals surface area contributed by atoms with E-state index in [1.807, 2.05) is 12.1 Å². The summed E-state index contributed by atoms with van der Waals surface area (Å²) in [5.74, 6) is -0.203. The van der Waals surface area contributed by atoms with Crippen LogP contribution in [-0.2, 0) is 23.1 Å². The minimum absolute atomic E-state index is 0.181. The highest BCUT2D eigenvalue weighted by Gasteiger charge is 2.23. The molecule has 0 fully saturated rings. The van der Waals surface area contributed by atoms with Gasteiger partial charge in [0.15, 0.2) is 0 Å². The lowest BCUT2D eigenvalue weighted by atomic mass is 10.1. The Hall–Kier alpha value is -3.29. The summed E-state index contributed by atoms with van der Waals surface area (Å²) in [5, 5.41) is 2.84. The number of amides is 1. The van der Waals surface area contributed by atoms with Crippen LogP contribution in [0.2, 0.25) is 0 Å². The molecule has 0 spiro atoms. The lowest BCUT2D eigenvalue weighted by molar-refractivity contribution is 0.0951. The van der Waals surface area contributed by atoms with Crippen LogP contribution in [0.5, 0.6) is 0 Å². The molecule has 0 saturated heterocycles. The zero-order valence-electron chi connectivity index (χ0n) is 16.4. The Morgan fingerprint density at radius 2 is 1.73 bits per heavy atom. The first-order valence-corrected chi connectivity index (χ1v) is 10.9. The number of sulfonamides is 1. The second-order valence-corrected chi connectivity index (χ2v) is 8.58. The lowest BCUT2D eigenvalue weighted by Crippen LogP contribution is -2.30. The van der Waals surface area contributed by atoms with Crippen LogP contribution in [0.1, 0.15) is 21.5 Å². The van der Waals surface area contributed by atoms with Crippen molar-refractivity contribution < 1.29 is 13.2 Å². The van der Waals surface area contributed by atoms with Gasteiger partial charge < -0.3 is 5.32 Å². The zero-order valence-corrected chi connectivity index (χ0v) is 17.3. The van der Waals surface area contributed by atoms with Gasteiger partial charge in [0, 0.05) is 37.6 Å². The van der Waals surface area contributed by atoms with Crippen LogP contribution in [0, 0.1) is 0 Å². The Morgan fingerprint density at radius 1 is 1.00 bits per heavy atom. The highest BCUT2D eigenvalue weighted by Crippen LogP contribution is 2.18. The third-order valence-corrected chi connectivity index (χ3v) is 6.29. The number of hydrogen-bond donors (Lipinski definition) is 1. The molecular formula is C23H23N3O3S. The van der Waals surface area contributed by atoms with Gasteiger partial charge in [-0.1, -0.05) is 42.5 Å². The van der Waals surface area contributed by atoms with Gasteiger partial charge in [-0.3, -0.25) is 9.78 Å². The standard InChI is InChI=1S/C23H23N3O3S/c1-2-15-26(30(28,29)22-8-4-3-5-9-22)18-19-10-12-21(13-11-19)23(27)25-17-20-7-6-14-24-16-20/h2-14,16H,1,15,17-18H2,(H,25,27). The number of hydrogen-bond acceptors (Lipinski definition) is 4. The summed E-state index contributed by atoms with van der Waals surface area (Å²) in [7, 11) is -3.65. The molecule has 30 heavy (non-hydrogen) atoms. The molecular weight excluding hydrogens is 398 g/mol. The number of carbonyl (C=O) groups is 1. The molecule has 0 bridgehead atoms. The predicted molar refractivity (Wildman–Crippen MR) is 116 cm³/mol. The maximum absolute atomic E-state index is 12.9. The van der Waals surface area contributed by atoms with E-state index in [1.54, 1.807) is 73.1 Å². The maximum atomic E-state index is 12.9. The molecule has 1 heterocycles. The first-order chi connectivity index (χ1) is 14.5. The van der Waals surface area contributed by atoms with E-state index in [4.69, 9.17) is 0 Å². The minimum Gasteiger partial charge on any atom is -0.348 e. The number of nitrogens with one attached hydrogen (secondary N) is 1. The Kier molecular flexibility index (Phi) is 7.11. The molecule has 0 aliphatic rings. The van der Waals surface area contributed by atoms with E-state index in [2.05, 4.69) is 16.9 Å². The molecule has 7 heteroatoms. The number of carbonyl (C=O) groups excluding carboxylic acids is 1. The first-order valence-electron chi connectivity index (χ1n) is 9.43. The molecule has 1 N–H and O–H groups in total. The van der Waals surface area contributed by atoms with E-state index < -0.39 is 10.0 Å². The molecule has 0 aliphatic carbocycles. The van der Waals surface area contributed by atoms with Crippen molar-refractivity contribution in [2.45, 2.75) is 18.0 Å². The second kappa shape index (κ2) is 9.96. The SMILES string of the molecule is C=CCN(Cc1ccc(C(=O)NCc2cccnc2)cc1)S(=O)(=O)c1ccccc1. The molecule has 0 atom stereocenters. The van der Waals surface area contributed by atoms with Crippen molar-refractivity contribution in [1.82, 2.24) is 14.6 Å². The summed E-state index contributed by atoms with van der Waals surface area (Å²) in [4.78, 5) is 16.6. The van der Waals surface area contributed by atoms with Crippen molar-refractivity contribution in [3.8, 4) is 0 Å². The monoisotopic (exact) mass is 421 g/mol. The van der Waals surface area contributed by atoms with E-state index >= 15 is 0 Å². The summed E-state index contributed by atoms with van der Waals surface area (Å²) in [6.45, 7) is 4.42. The zero-order chi connectivity index (χ0) is 21.4. The third-order valence-electron chi connectivity index (χ3n) is 4.46. The van der Waals surface area contributed by atoms with Gasteiger partial charge in [-0.15, -0.1) is 6.58 Å². The van der Waals surface area contributed by atoms with Crippen LogP contribution >= 0.6 is 0 Å². The smallest absolute Gasteiger partial charge is 0.251 e. The van der Waals surface area contributed by atoms with Gasteiger partial charge in [0.2, 0.25) is 10.0 Å². The molecule has 1 aromatic heterocycles. The van der Waals surface area contributed by atoms with Gasteiger partial charge in [-0.2, -0.15) is 4.31 Å². The molecule has 0 saturated carbocycles. The van der Waals surface area contributed by atoms with E-state index in [9.17, 15) is 13.2 Å². The van der Waals surface area contributed by atoms with E-state index in [0.717, 1.165) is 11.1 Å². The van der Waals surface area contributed by atoms with Crippen LogP contribution in [0.4, 0.5) is 0 Å². The first kappa shape index (κ1) is 21.4. The predicted octanol–water partition coefficient (Wildman–Crippen LogP) is 3.39. The Morgan fingerprint density at radius 3 is 2.37 bits per heavy atom. The molecule has 0 unspecified atom stereocenters. The highest BCUT2D eigenvalue weighted by molar-refractivity contribution is 7.89. The third kappa shape index (κ3) is 5.40. The fourth-order valence-corrected chi connectivity index (χ4v) is 4.31. The van der Waals surface area contributed by atoms with Crippen molar-refractivity contribution in [1.29, 1.82) is 0 Å². The average molecular weight is 422 g/mol. The lowest BCUT2D eigenvalue weighted by Gasteiger charge is -2.21. The van der Waals surface area contributed by atoms with E-state index in [-0.39, 0.29) is 23.9 Å². The molecule has 6 nitrogen and oxygen atoms in total. The number of benzene rings is 2. The van der Waals surface area contributed by atoms with Crippen LogP contribution in [0.25, 0.3) is 0 Å². The quantitative estimate of drug-likeness (QED) is 0.537. The van der Waals surface area contributed by atoms with E-state index in [0.29, 0.717) is 12.1 Å². The molecule has 1 amide bonds. The van der Waals surface area contributed by atoms with Gasteiger partial charge in [0.25, 0.3) is 5.91 Å². The van der Waals surface area contributed by atoms with Crippen LogP contribution in [0.3, 0.4) is 0 Å². The molecule has 154 valence electrons. The number of pyridine rings is 1. The number of rotatable bonds is 9. The van der Waals surface area contributed by atoms with Crippen molar-refractivity contribution in [3.63, 3.8) is 0 Å². The molecule has 3 aromatic rings. The Bertz CT molecular complexity index is 1080. The minimum atomic E-state index is -3.65.